The Kier molecular flexibility index (Phi) is 6.72. The molecule has 1 aliphatic heterocycles. The minimum atomic E-state index is -0.131. The summed E-state index contributed by atoms with van der Waals surface area (Å²) in [6.07, 6.45) is 3.87. The average Bonchev–Trinajstić information content (AvgIpc) is 2.91. The van der Waals surface area contributed by atoms with Crippen molar-refractivity contribution >= 4 is 29.5 Å². The second-order valence-corrected chi connectivity index (χ2v) is 8.07. The van der Waals surface area contributed by atoms with Crippen LogP contribution in [-0.2, 0) is 20.1 Å². The van der Waals surface area contributed by atoms with Crippen molar-refractivity contribution in [3.63, 3.8) is 0 Å². The lowest BCUT2D eigenvalue weighted by molar-refractivity contribution is -0.140. The lowest BCUT2D eigenvalue weighted by Gasteiger charge is -2.19. The summed E-state index contributed by atoms with van der Waals surface area (Å²) in [5.74, 6) is 1.28. The van der Waals surface area contributed by atoms with Crippen molar-refractivity contribution in [2.24, 2.45) is 11.8 Å². The monoisotopic (exact) mass is 374 g/mol. The number of imide groups is 1. The number of carbonyl (C=O) groups excluding carboxylic acids is 3. The smallest absolute Gasteiger partial charge is 0.233 e. The standard InChI is InChI=1S/C20H26N2O3S/c23-18(21-11-13-26-14-15-6-2-1-3-7-15)10-12-22-19(24)16-8-4-5-9-17(16)20(22)25/h1-3,6-7,16-17H,4-5,8-14H2,(H,21,23). The molecule has 140 valence electrons. The SMILES string of the molecule is O=C(CCN1C(=O)C2CCCCC2C1=O)NCCSCc1ccccc1. The second-order valence-electron chi connectivity index (χ2n) is 6.96. The van der Waals surface area contributed by atoms with E-state index >= 15 is 0 Å². The van der Waals surface area contributed by atoms with Crippen LogP contribution >= 0.6 is 11.8 Å². The number of nitrogens with zero attached hydrogens (tertiary/aromatic N) is 1. The van der Waals surface area contributed by atoms with Gasteiger partial charge in [0.2, 0.25) is 17.7 Å². The van der Waals surface area contributed by atoms with Gasteiger partial charge in [0.05, 0.1) is 11.8 Å². The number of benzene rings is 1. The molecule has 5 nitrogen and oxygen atoms in total. The number of thioether (sulfide) groups is 1. The van der Waals surface area contributed by atoms with Crippen LogP contribution in [0.3, 0.4) is 0 Å². The quantitative estimate of drug-likeness (QED) is 0.561. The zero-order valence-corrected chi connectivity index (χ0v) is 15.8. The van der Waals surface area contributed by atoms with Crippen molar-refractivity contribution < 1.29 is 14.4 Å². The van der Waals surface area contributed by atoms with Gasteiger partial charge in [0.15, 0.2) is 0 Å². The fourth-order valence-electron chi connectivity index (χ4n) is 3.78. The van der Waals surface area contributed by atoms with E-state index in [0.717, 1.165) is 37.2 Å². The molecule has 1 aliphatic carbocycles. The van der Waals surface area contributed by atoms with Gasteiger partial charge in [-0.15, -0.1) is 0 Å². The van der Waals surface area contributed by atoms with Gasteiger partial charge >= 0.3 is 0 Å². The van der Waals surface area contributed by atoms with E-state index in [1.165, 1.54) is 10.5 Å². The van der Waals surface area contributed by atoms with Crippen LogP contribution in [0.15, 0.2) is 30.3 Å². The molecule has 1 heterocycles. The topological polar surface area (TPSA) is 66.5 Å². The first kappa shape index (κ1) is 19.0. The molecular formula is C20H26N2O3S. The first-order valence-corrected chi connectivity index (χ1v) is 10.6. The number of nitrogens with one attached hydrogen (secondary N) is 1. The molecule has 3 rings (SSSR count). The molecule has 1 aromatic rings. The first-order chi connectivity index (χ1) is 12.7. The molecule has 1 N–H and O–H groups in total. The van der Waals surface area contributed by atoms with Gasteiger partial charge in [0.1, 0.15) is 0 Å². The number of hydrogen-bond donors (Lipinski definition) is 1. The van der Waals surface area contributed by atoms with Crippen molar-refractivity contribution in [3.05, 3.63) is 35.9 Å². The third-order valence-corrected chi connectivity index (χ3v) is 6.21. The fraction of sp³-hybridized carbons (Fsp3) is 0.550. The van der Waals surface area contributed by atoms with Gasteiger partial charge in [-0.25, -0.2) is 0 Å². The van der Waals surface area contributed by atoms with Crippen LogP contribution in [0.2, 0.25) is 0 Å². The van der Waals surface area contributed by atoms with Crippen LogP contribution in [-0.4, -0.2) is 41.5 Å². The lowest BCUT2D eigenvalue weighted by atomic mass is 9.81. The van der Waals surface area contributed by atoms with Crippen molar-refractivity contribution in [1.82, 2.24) is 10.2 Å². The molecule has 1 saturated carbocycles. The zero-order chi connectivity index (χ0) is 18.4. The van der Waals surface area contributed by atoms with Gasteiger partial charge < -0.3 is 5.32 Å². The molecule has 0 bridgehead atoms. The third-order valence-electron chi connectivity index (χ3n) is 5.18. The molecule has 0 radical (unpaired) electrons. The van der Waals surface area contributed by atoms with Crippen molar-refractivity contribution in [2.45, 2.75) is 37.9 Å². The Bertz CT molecular complexity index is 626. The van der Waals surface area contributed by atoms with Gasteiger partial charge in [-0.1, -0.05) is 43.2 Å². The summed E-state index contributed by atoms with van der Waals surface area (Å²) >= 11 is 1.77. The van der Waals surface area contributed by atoms with Gasteiger partial charge in [-0.2, -0.15) is 11.8 Å². The Balaban J connectivity index is 1.32. The predicted octanol–water partition coefficient (Wildman–Crippen LogP) is 2.60. The van der Waals surface area contributed by atoms with Crippen LogP contribution in [0.5, 0.6) is 0 Å². The maximum atomic E-state index is 12.4. The molecule has 2 unspecified atom stereocenters. The van der Waals surface area contributed by atoms with Gasteiger partial charge in [0.25, 0.3) is 0 Å². The van der Waals surface area contributed by atoms with Crippen LogP contribution < -0.4 is 5.32 Å². The number of likely N-dealkylation sites (tertiary alicyclic amines) is 1. The Labute approximate surface area is 158 Å². The minimum absolute atomic E-state index is 0.0640. The summed E-state index contributed by atoms with van der Waals surface area (Å²) in [5, 5.41) is 2.88. The first-order valence-electron chi connectivity index (χ1n) is 9.40. The fourth-order valence-corrected chi connectivity index (χ4v) is 4.60. The van der Waals surface area contributed by atoms with E-state index in [0.29, 0.717) is 6.54 Å². The average molecular weight is 375 g/mol. The summed E-state index contributed by atoms with van der Waals surface area (Å²) < 4.78 is 0. The minimum Gasteiger partial charge on any atom is -0.355 e. The highest BCUT2D eigenvalue weighted by Crippen LogP contribution is 2.37. The number of hydrogen-bond acceptors (Lipinski definition) is 4. The molecule has 1 aromatic carbocycles. The lowest BCUT2D eigenvalue weighted by Crippen LogP contribution is -2.36. The Morgan fingerprint density at radius 3 is 2.38 bits per heavy atom. The summed E-state index contributed by atoms with van der Waals surface area (Å²) in [5.41, 5.74) is 1.27. The summed E-state index contributed by atoms with van der Waals surface area (Å²) in [7, 11) is 0. The highest BCUT2D eigenvalue weighted by Gasteiger charge is 2.47. The number of rotatable bonds is 8. The van der Waals surface area contributed by atoms with Crippen LogP contribution in [0.1, 0.15) is 37.7 Å². The van der Waals surface area contributed by atoms with Gasteiger partial charge in [-0.05, 0) is 18.4 Å². The molecule has 2 atom stereocenters. The molecule has 6 heteroatoms. The van der Waals surface area contributed by atoms with Crippen molar-refractivity contribution in [3.8, 4) is 0 Å². The Morgan fingerprint density at radius 1 is 1.08 bits per heavy atom. The maximum absolute atomic E-state index is 12.4. The molecule has 0 spiro atoms. The highest BCUT2D eigenvalue weighted by molar-refractivity contribution is 7.98. The van der Waals surface area contributed by atoms with E-state index in [9.17, 15) is 14.4 Å². The molecule has 1 saturated heterocycles. The van der Waals surface area contributed by atoms with Crippen LogP contribution in [0, 0.1) is 11.8 Å². The molecule has 2 fully saturated rings. The number of fused-ring (bicyclic) bond motifs is 1. The van der Waals surface area contributed by atoms with E-state index in [-0.39, 0.29) is 42.5 Å². The molecule has 2 aliphatic rings. The Morgan fingerprint density at radius 2 is 1.73 bits per heavy atom. The summed E-state index contributed by atoms with van der Waals surface area (Å²) in [6, 6.07) is 10.2. The third kappa shape index (κ3) is 4.67. The summed E-state index contributed by atoms with van der Waals surface area (Å²) in [4.78, 5) is 38.0. The Hall–Kier alpha value is -1.82. The van der Waals surface area contributed by atoms with E-state index < -0.39 is 0 Å². The van der Waals surface area contributed by atoms with E-state index in [4.69, 9.17) is 0 Å². The second kappa shape index (κ2) is 9.21. The molecular weight excluding hydrogens is 348 g/mol. The van der Waals surface area contributed by atoms with Gasteiger partial charge in [0, 0.05) is 31.0 Å². The highest BCUT2D eigenvalue weighted by atomic mass is 32.2. The van der Waals surface area contributed by atoms with Crippen molar-refractivity contribution in [1.29, 1.82) is 0 Å². The van der Waals surface area contributed by atoms with Crippen LogP contribution in [0.25, 0.3) is 0 Å². The molecule has 0 aromatic heterocycles. The number of amides is 3. The largest absolute Gasteiger partial charge is 0.355 e. The maximum Gasteiger partial charge on any atom is 0.233 e. The zero-order valence-electron chi connectivity index (χ0n) is 15.0. The van der Waals surface area contributed by atoms with Crippen LogP contribution in [0.4, 0.5) is 0 Å². The normalized spacial score (nSPS) is 22.4. The number of carbonyl (C=O) groups is 3. The predicted molar refractivity (Wildman–Crippen MR) is 102 cm³/mol. The van der Waals surface area contributed by atoms with E-state index in [1.54, 1.807) is 11.8 Å². The van der Waals surface area contributed by atoms with E-state index in [1.807, 2.05) is 18.2 Å². The van der Waals surface area contributed by atoms with E-state index in [2.05, 4.69) is 17.4 Å². The van der Waals surface area contributed by atoms with Gasteiger partial charge in [-0.3, -0.25) is 19.3 Å². The summed E-state index contributed by atoms with van der Waals surface area (Å²) in [6.45, 7) is 0.817. The van der Waals surface area contributed by atoms with Crippen molar-refractivity contribution in [2.75, 3.05) is 18.8 Å². The molecule has 26 heavy (non-hydrogen) atoms. The molecule has 3 amide bonds.